The van der Waals surface area contributed by atoms with Gasteiger partial charge in [-0.3, -0.25) is 9.48 Å². The van der Waals surface area contributed by atoms with Crippen molar-refractivity contribution in [2.45, 2.75) is 25.4 Å². The molecular weight excluding hydrogens is 296 g/mol. The highest BCUT2D eigenvalue weighted by molar-refractivity contribution is 5.95. The van der Waals surface area contributed by atoms with Crippen molar-refractivity contribution >= 4 is 11.7 Å². The zero-order valence-electron chi connectivity index (χ0n) is 13.2. The van der Waals surface area contributed by atoms with Crippen LogP contribution >= 0.6 is 0 Å². The summed E-state index contributed by atoms with van der Waals surface area (Å²) < 4.78 is 7.17. The number of hydrogen-bond acceptors (Lipinski definition) is 6. The van der Waals surface area contributed by atoms with Crippen LogP contribution in [0.2, 0.25) is 0 Å². The molecule has 122 valence electrons. The minimum atomic E-state index is -0.114. The minimum absolute atomic E-state index is 0.0363. The fraction of sp³-hybridized carbons (Fsp3) is 0.467. The summed E-state index contributed by atoms with van der Waals surface area (Å²) in [6.07, 6.45) is 5.63. The molecule has 3 rings (SSSR count). The highest BCUT2D eigenvalue weighted by atomic mass is 16.5. The van der Waals surface area contributed by atoms with Crippen LogP contribution in [0.25, 0.3) is 0 Å². The van der Waals surface area contributed by atoms with Crippen molar-refractivity contribution in [1.82, 2.24) is 25.1 Å². The molecule has 0 radical (unpaired) electrons. The van der Waals surface area contributed by atoms with Gasteiger partial charge in [-0.2, -0.15) is 5.10 Å². The van der Waals surface area contributed by atoms with Crippen molar-refractivity contribution in [3.05, 3.63) is 36.0 Å². The maximum atomic E-state index is 12.5. The van der Waals surface area contributed by atoms with Gasteiger partial charge in [0, 0.05) is 26.0 Å². The van der Waals surface area contributed by atoms with Gasteiger partial charge in [-0.1, -0.05) is 0 Å². The number of aryl methyl sites for hydroxylation is 2. The molecule has 8 nitrogen and oxygen atoms in total. The largest absolute Gasteiger partial charge is 0.379 e. The summed E-state index contributed by atoms with van der Waals surface area (Å²) in [5.74, 6) is 0.601. The lowest BCUT2D eigenvalue weighted by Crippen LogP contribution is -2.52. The molecule has 0 bridgehead atoms. The van der Waals surface area contributed by atoms with Crippen LogP contribution in [-0.4, -0.2) is 51.0 Å². The molecule has 2 atom stereocenters. The summed E-state index contributed by atoms with van der Waals surface area (Å²) in [4.78, 5) is 20.5. The van der Waals surface area contributed by atoms with E-state index in [4.69, 9.17) is 4.74 Å². The van der Waals surface area contributed by atoms with Crippen molar-refractivity contribution in [2.24, 2.45) is 7.05 Å². The van der Waals surface area contributed by atoms with Crippen LogP contribution in [0.15, 0.2) is 24.8 Å². The Morgan fingerprint density at radius 1 is 1.43 bits per heavy atom. The van der Waals surface area contributed by atoms with E-state index in [-0.39, 0.29) is 18.0 Å². The predicted molar refractivity (Wildman–Crippen MR) is 84.1 cm³/mol. The number of ether oxygens (including phenoxy) is 1. The van der Waals surface area contributed by atoms with Crippen molar-refractivity contribution < 1.29 is 9.53 Å². The molecule has 1 fully saturated rings. The van der Waals surface area contributed by atoms with E-state index >= 15 is 0 Å². The molecule has 2 N–H and O–H groups in total. The van der Waals surface area contributed by atoms with E-state index in [1.54, 1.807) is 30.2 Å². The van der Waals surface area contributed by atoms with E-state index in [2.05, 4.69) is 25.7 Å². The highest BCUT2D eigenvalue weighted by Gasteiger charge is 2.28. The second-order valence-electron chi connectivity index (χ2n) is 5.59. The summed E-state index contributed by atoms with van der Waals surface area (Å²) >= 11 is 0. The Labute approximate surface area is 134 Å². The lowest BCUT2D eigenvalue weighted by molar-refractivity contribution is 0.0619. The maximum Gasteiger partial charge on any atom is 0.255 e. The first kappa shape index (κ1) is 15.4. The fourth-order valence-corrected chi connectivity index (χ4v) is 2.69. The fourth-order valence-electron chi connectivity index (χ4n) is 2.69. The molecule has 0 saturated carbocycles. The molecule has 0 unspecified atom stereocenters. The van der Waals surface area contributed by atoms with Crippen molar-refractivity contribution in [3.63, 3.8) is 0 Å². The van der Waals surface area contributed by atoms with Crippen LogP contribution in [0.3, 0.4) is 0 Å². The van der Waals surface area contributed by atoms with Crippen molar-refractivity contribution in [1.29, 1.82) is 0 Å². The molecule has 8 heteroatoms. The molecule has 2 aromatic rings. The number of rotatable bonds is 4. The van der Waals surface area contributed by atoms with Crippen LogP contribution in [0, 0.1) is 6.92 Å². The first-order chi connectivity index (χ1) is 11.1. The maximum absolute atomic E-state index is 12.5. The van der Waals surface area contributed by atoms with Crippen LogP contribution in [0.4, 0.5) is 5.82 Å². The Morgan fingerprint density at radius 2 is 2.30 bits per heavy atom. The molecule has 1 aliphatic heterocycles. The standard InChI is InChI=1S/C15H20N6O2/c1-10-11(7-21(2)20-10)15(22)19-12-4-6-23-8-13(12)18-14-3-5-16-9-17-14/h3,5,7,9,12-13H,4,6,8H2,1-2H3,(H,19,22)(H,16,17,18)/t12-,13+/m0/s1. The zero-order chi connectivity index (χ0) is 16.2. The van der Waals surface area contributed by atoms with Gasteiger partial charge in [0.15, 0.2) is 0 Å². The summed E-state index contributed by atoms with van der Waals surface area (Å²) in [6.45, 7) is 2.97. The summed E-state index contributed by atoms with van der Waals surface area (Å²) in [6, 6.07) is 1.71. The van der Waals surface area contributed by atoms with Gasteiger partial charge in [-0.05, 0) is 19.4 Å². The van der Waals surface area contributed by atoms with Crippen molar-refractivity contribution in [3.8, 4) is 0 Å². The normalized spacial score (nSPS) is 21.0. The van der Waals surface area contributed by atoms with Crippen LogP contribution in [-0.2, 0) is 11.8 Å². The number of amides is 1. The second kappa shape index (κ2) is 6.74. The number of nitrogens with zero attached hydrogens (tertiary/aromatic N) is 4. The summed E-state index contributed by atoms with van der Waals surface area (Å²) in [5, 5.41) is 10.6. The molecular formula is C15H20N6O2. The molecule has 1 aliphatic rings. The predicted octanol–water partition coefficient (Wildman–Crippen LogP) is 0.518. The van der Waals surface area contributed by atoms with E-state index in [1.165, 1.54) is 6.33 Å². The Hall–Kier alpha value is -2.48. The molecule has 1 saturated heterocycles. The lowest BCUT2D eigenvalue weighted by Gasteiger charge is -2.33. The topological polar surface area (TPSA) is 94.0 Å². The molecule has 23 heavy (non-hydrogen) atoms. The van der Waals surface area contributed by atoms with Gasteiger partial charge in [0.25, 0.3) is 5.91 Å². The first-order valence-electron chi connectivity index (χ1n) is 7.55. The number of anilines is 1. The van der Waals surface area contributed by atoms with E-state index in [9.17, 15) is 4.79 Å². The molecule has 3 heterocycles. The van der Waals surface area contributed by atoms with Gasteiger partial charge in [0.2, 0.25) is 0 Å². The van der Waals surface area contributed by atoms with E-state index < -0.39 is 0 Å². The van der Waals surface area contributed by atoms with Gasteiger partial charge in [-0.25, -0.2) is 9.97 Å². The zero-order valence-corrected chi connectivity index (χ0v) is 13.2. The van der Waals surface area contributed by atoms with E-state index in [0.29, 0.717) is 24.6 Å². The molecule has 1 amide bonds. The van der Waals surface area contributed by atoms with Crippen LogP contribution in [0.1, 0.15) is 22.5 Å². The van der Waals surface area contributed by atoms with Crippen LogP contribution in [0.5, 0.6) is 0 Å². The van der Waals surface area contributed by atoms with Gasteiger partial charge in [0.1, 0.15) is 12.1 Å². The molecule has 0 aromatic carbocycles. The van der Waals surface area contributed by atoms with Gasteiger partial charge in [0.05, 0.1) is 29.9 Å². The average molecular weight is 316 g/mol. The molecule has 2 aromatic heterocycles. The number of carbonyl (C=O) groups excluding carboxylic acids is 1. The smallest absolute Gasteiger partial charge is 0.255 e. The average Bonchev–Trinajstić information content (AvgIpc) is 2.89. The summed E-state index contributed by atoms with van der Waals surface area (Å²) in [7, 11) is 1.80. The van der Waals surface area contributed by atoms with E-state index in [0.717, 1.165) is 12.1 Å². The highest BCUT2D eigenvalue weighted by Crippen LogP contribution is 2.14. The van der Waals surface area contributed by atoms with E-state index in [1.807, 2.05) is 6.92 Å². The third-order valence-electron chi connectivity index (χ3n) is 3.85. The number of nitrogens with one attached hydrogen (secondary N) is 2. The Bertz CT molecular complexity index is 672. The first-order valence-corrected chi connectivity index (χ1v) is 7.55. The van der Waals surface area contributed by atoms with Gasteiger partial charge >= 0.3 is 0 Å². The third kappa shape index (κ3) is 3.65. The SMILES string of the molecule is Cc1nn(C)cc1C(=O)N[C@H]1CCOC[C@H]1Nc1ccncn1. The summed E-state index contributed by atoms with van der Waals surface area (Å²) in [5.41, 5.74) is 1.32. The lowest BCUT2D eigenvalue weighted by atomic mass is 10.0. The number of hydrogen-bond donors (Lipinski definition) is 2. The van der Waals surface area contributed by atoms with Gasteiger partial charge < -0.3 is 15.4 Å². The third-order valence-corrected chi connectivity index (χ3v) is 3.85. The second-order valence-corrected chi connectivity index (χ2v) is 5.59. The molecule has 0 aliphatic carbocycles. The monoisotopic (exact) mass is 316 g/mol. The Kier molecular flexibility index (Phi) is 4.52. The van der Waals surface area contributed by atoms with Gasteiger partial charge in [-0.15, -0.1) is 0 Å². The quantitative estimate of drug-likeness (QED) is 0.854. The van der Waals surface area contributed by atoms with Crippen LogP contribution < -0.4 is 10.6 Å². The Balaban J connectivity index is 1.69. The minimum Gasteiger partial charge on any atom is -0.379 e. The molecule has 0 spiro atoms. The van der Waals surface area contributed by atoms with Crippen molar-refractivity contribution in [2.75, 3.05) is 18.5 Å². The number of carbonyl (C=O) groups is 1. The number of aromatic nitrogens is 4. The Morgan fingerprint density at radius 3 is 3.00 bits per heavy atom.